The topological polar surface area (TPSA) is 30.7 Å². The molecule has 1 heterocycles. The molecule has 0 spiro atoms. The molecular formula is C12H12F3N3. The van der Waals surface area contributed by atoms with E-state index in [0.717, 1.165) is 18.6 Å². The molecule has 0 aliphatic heterocycles. The highest BCUT2D eigenvalue weighted by Crippen LogP contribution is 2.31. The maximum Gasteiger partial charge on any atom is 0.416 e. The zero-order valence-electron chi connectivity index (χ0n) is 9.78. The van der Waals surface area contributed by atoms with E-state index in [0.29, 0.717) is 17.9 Å². The molecule has 0 saturated carbocycles. The van der Waals surface area contributed by atoms with Crippen LogP contribution in [0.25, 0.3) is 11.4 Å². The molecule has 0 unspecified atom stereocenters. The summed E-state index contributed by atoms with van der Waals surface area (Å²) in [5, 5.41) is 4.00. The summed E-state index contributed by atoms with van der Waals surface area (Å²) in [6.45, 7) is 2.60. The van der Waals surface area contributed by atoms with Gasteiger partial charge in [0.15, 0.2) is 5.82 Å². The molecule has 0 bridgehead atoms. The second-order valence-corrected chi connectivity index (χ2v) is 3.89. The molecule has 0 N–H and O–H groups in total. The molecule has 0 fully saturated rings. The number of benzene rings is 1. The van der Waals surface area contributed by atoms with E-state index in [9.17, 15) is 13.2 Å². The van der Waals surface area contributed by atoms with Gasteiger partial charge in [0, 0.05) is 12.1 Å². The van der Waals surface area contributed by atoms with Crippen LogP contribution in [0.1, 0.15) is 18.9 Å². The van der Waals surface area contributed by atoms with Crippen LogP contribution >= 0.6 is 0 Å². The van der Waals surface area contributed by atoms with Crippen molar-refractivity contribution < 1.29 is 13.2 Å². The number of hydrogen-bond donors (Lipinski definition) is 0. The van der Waals surface area contributed by atoms with Gasteiger partial charge in [-0.1, -0.05) is 19.1 Å². The summed E-state index contributed by atoms with van der Waals surface area (Å²) in [6, 6.07) is 5.12. The van der Waals surface area contributed by atoms with Crippen LogP contribution in [0.2, 0.25) is 0 Å². The van der Waals surface area contributed by atoms with E-state index in [4.69, 9.17) is 0 Å². The average Bonchev–Trinajstić information content (AvgIpc) is 2.77. The average molecular weight is 255 g/mol. The number of alkyl halides is 3. The minimum Gasteiger partial charge on any atom is -0.246 e. The fourth-order valence-corrected chi connectivity index (χ4v) is 1.70. The lowest BCUT2D eigenvalue weighted by Crippen LogP contribution is -2.06. The first-order valence-corrected chi connectivity index (χ1v) is 5.58. The van der Waals surface area contributed by atoms with Crippen LogP contribution in [0.3, 0.4) is 0 Å². The van der Waals surface area contributed by atoms with Crippen molar-refractivity contribution in [2.24, 2.45) is 0 Å². The Morgan fingerprint density at radius 3 is 2.72 bits per heavy atom. The van der Waals surface area contributed by atoms with E-state index in [2.05, 4.69) is 10.1 Å². The van der Waals surface area contributed by atoms with E-state index in [1.54, 1.807) is 10.7 Å². The summed E-state index contributed by atoms with van der Waals surface area (Å²) in [5.74, 6) is 0.461. The number of aryl methyl sites for hydroxylation is 1. The van der Waals surface area contributed by atoms with Crippen LogP contribution < -0.4 is 0 Å². The molecule has 1 aromatic carbocycles. The molecule has 3 nitrogen and oxygen atoms in total. The van der Waals surface area contributed by atoms with E-state index < -0.39 is 11.7 Å². The molecule has 6 heteroatoms. The van der Waals surface area contributed by atoms with Gasteiger partial charge in [-0.05, 0) is 18.6 Å². The summed E-state index contributed by atoms with van der Waals surface area (Å²) in [4.78, 5) is 4.01. The summed E-state index contributed by atoms with van der Waals surface area (Å²) < 4.78 is 39.5. The minimum atomic E-state index is -4.34. The molecule has 0 radical (unpaired) electrons. The van der Waals surface area contributed by atoms with Crippen molar-refractivity contribution >= 4 is 0 Å². The Balaban J connectivity index is 2.42. The number of halogens is 3. The van der Waals surface area contributed by atoms with Crippen LogP contribution in [0.4, 0.5) is 13.2 Å². The molecule has 18 heavy (non-hydrogen) atoms. The largest absolute Gasteiger partial charge is 0.416 e. The molecule has 0 aliphatic carbocycles. The van der Waals surface area contributed by atoms with Gasteiger partial charge in [-0.3, -0.25) is 0 Å². The standard InChI is InChI=1S/C12H12F3N3/c1-2-6-18-11(16-8-17-18)9-4-3-5-10(7-9)12(13,14)15/h3-5,7-8H,2,6H2,1H3. The van der Waals surface area contributed by atoms with Crippen LogP contribution in [-0.4, -0.2) is 14.8 Å². The Labute approximate surface area is 102 Å². The van der Waals surface area contributed by atoms with Crippen LogP contribution in [0.15, 0.2) is 30.6 Å². The van der Waals surface area contributed by atoms with Crippen molar-refractivity contribution in [3.05, 3.63) is 36.2 Å². The van der Waals surface area contributed by atoms with Gasteiger partial charge < -0.3 is 0 Å². The molecule has 1 aromatic heterocycles. The number of rotatable bonds is 3. The Kier molecular flexibility index (Phi) is 3.36. The Bertz CT molecular complexity index is 531. The second kappa shape index (κ2) is 4.80. The third-order valence-corrected chi connectivity index (χ3v) is 2.50. The molecule has 96 valence electrons. The Morgan fingerprint density at radius 2 is 2.06 bits per heavy atom. The molecule has 0 saturated heterocycles. The van der Waals surface area contributed by atoms with Crippen molar-refractivity contribution in [2.75, 3.05) is 0 Å². The highest BCUT2D eigenvalue weighted by atomic mass is 19.4. The first-order chi connectivity index (χ1) is 8.52. The fourth-order valence-electron chi connectivity index (χ4n) is 1.70. The van der Waals surface area contributed by atoms with E-state index in [1.165, 1.54) is 12.4 Å². The first kappa shape index (κ1) is 12.6. The zero-order chi connectivity index (χ0) is 13.2. The van der Waals surface area contributed by atoms with Gasteiger partial charge in [0.05, 0.1) is 5.56 Å². The molecule has 0 atom stereocenters. The smallest absolute Gasteiger partial charge is 0.246 e. The van der Waals surface area contributed by atoms with Crippen molar-refractivity contribution in [3.63, 3.8) is 0 Å². The van der Waals surface area contributed by atoms with Crippen molar-refractivity contribution in [1.29, 1.82) is 0 Å². The third-order valence-electron chi connectivity index (χ3n) is 2.50. The van der Waals surface area contributed by atoms with Gasteiger partial charge in [0.2, 0.25) is 0 Å². The lowest BCUT2D eigenvalue weighted by molar-refractivity contribution is -0.137. The fraction of sp³-hybridized carbons (Fsp3) is 0.333. The van der Waals surface area contributed by atoms with Crippen LogP contribution in [0.5, 0.6) is 0 Å². The lowest BCUT2D eigenvalue weighted by Gasteiger charge is -2.09. The molecular weight excluding hydrogens is 243 g/mol. The monoisotopic (exact) mass is 255 g/mol. The predicted octanol–water partition coefficient (Wildman–Crippen LogP) is 3.37. The normalized spacial score (nSPS) is 11.8. The van der Waals surface area contributed by atoms with E-state index in [-0.39, 0.29) is 0 Å². The highest BCUT2D eigenvalue weighted by molar-refractivity contribution is 5.56. The number of nitrogens with zero attached hydrogens (tertiary/aromatic N) is 3. The van der Waals surface area contributed by atoms with Crippen molar-refractivity contribution in [1.82, 2.24) is 14.8 Å². The van der Waals surface area contributed by atoms with Gasteiger partial charge in [0.1, 0.15) is 6.33 Å². The summed E-state index contributed by atoms with van der Waals surface area (Å²) in [5.41, 5.74) is -0.248. The minimum absolute atomic E-state index is 0.427. The van der Waals surface area contributed by atoms with Gasteiger partial charge >= 0.3 is 6.18 Å². The van der Waals surface area contributed by atoms with Crippen LogP contribution in [-0.2, 0) is 12.7 Å². The molecule has 0 amide bonds. The predicted molar refractivity (Wildman–Crippen MR) is 60.8 cm³/mol. The molecule has 2 aromatic rings. The van der Waals surface area contributed by atoms with E-state index in [1.807, 2.05) is 6.92 Å². The van der Waals surface area contributed by atoms with Gasteiger partial charge in [-0.15, -0.1) is 0 Å². The second-order valence-electron chi connectivity index (χ2n) is 3.89. The molecule has 2 rings (SSSR count). The number of aromatic nitrogens is 3. The summed E-state index contributed by atoms with van der Waals surface area (Å²) in [7, 11) is 0. The van der Waals surface area contributed by atoms with Crippen molar-refractivity contribution in [3.8, 4) is 11.4 Å². The van der Waals surface area contributed by atoms with Gasteiger partial charge in [-0.25, -0.2) is 9.67 Å². The van der Waals surface area contributed by atoms with Gasteiger partial charge in [0.25, 0.3) is 0 Å². The maximum absolute atomic E-state index is 12.6. The first-order valence-electron chi connectivity index (χ1n) is 5.58. The Morgan fingerprint density at radius 1 is 1.28 bits per heavy atom. The summed E-state index contributed by atoms with van der Waals surface area (Å²) >= 11 is 0. The third kappa shape index (κ3) is 2.52. The Hall–Kier alpha value is -1.85. The lowest BCUT2D eigenvalue weighted by atomic mass is 10.1. The quantitative estimate of drug-likeness (QED) is 0.841. The van der Waals surface area contributed by atoms with Crippen LogP contribution in [0, 0.1) is 0 Å². The van der Waals surface area contributed by atoms with E-state index >= 15 is 0 Å². The zero-order valence-corrected chi connectivity index (χ0v) is 9.78. The highest BCUT2D eigenvalue weighted by Gasteiger charge is 2.30. The molecule has 0 aliphatic rings. The maximum atomic E-state index is 12.6. The number of hydrogen-bond acceptors (Lipinski definition) is 2. The van der Waals surface area contributed by atoms with Gasteiger partial charge in [-0.2, -0.15) is 18.3 Å². The van der Waals surface area contributed by atoms with Crippen molar-refractivity contribution in [2.45, 2.75) is 26.1 Å². The summed E-state index contributed by atoms with van der Waals surface area (Å²) in [6.07, 6.45) is -2.15. The SMILES string of the molecule is CCCn1ncnc1-c1cccc(C(F)(F)F)c1.